The largest absolute Gasteiger partial charge is 0.481 e. The topological polar surface area (TPSA) is 66.4 Å². The lowest BCUT2D eigenvalue weighted by Crippen LogP contribution is -2.46. The van der Waals surface area contributed by atoms with Gasteiger partial charge in [-0.1, -0.05) is 19.3 Å². The monoisotopic (exact) mass is 303 g/mol. The van der Waals surface area contributed by atoms with Gasteiger partial charge in [-0.15, -0.1) is 0 Å². The first-order valence-corrected chi connectivity index (χ1v) is 7.80. The average molecular weight is 303 g/mol. The fraction of sp³-hybridized carbons (Fsp3) is 0.867. The second kappa shape index (κ2) is 6.71. The number of hydrogen-bond acceptors (Lipinski definition) is 2. The van der Waals surface area contributed by atoms with Gasteiger partial charge in [0.25, 0.3) is 0 Å². The van der Waals surface area contributed by atoms with Gasteiger partial charge in [0, 0.05) is 24.8 Å². The Kier molecular flexibility index (Phi) is 5.17. The van der Waals surface area contributed by atoms with E-state index in [0.717, 1.165) is 19.3 Å². The molecule has 2 rings (SSSR count). The van der Waals surface area contributed by atoms with Crippen LogP contribution in [0.25, 0.3) is 0 Å². The van der Waals surface area contributed by atoms with Gasteiger partial charge in [-0.3, -0.25) is 9.59 Å². The summed E-state index contributed by atoms with van der Waals surface area (Å²) in [5, 5.41) is 12.1. The maximum absolute atomic E-state index is 13.1. The van der Waals surface area contributed by atoms with Crippen LogP contribution in [0.5, 0.6) is 0 Å². The quantitative estimate of drug-likeness (QED) is 0.788. The smallest absolute Gasteiger partial charge is 0.308 e. The molecule has 4 nitrogen and oxygen atoms in total. The van der Waals surface area contributed by atoms with Crippen LogP contribution in [0.15, 0.2) is 0 Å². The van der Waals surface area contributed by atoms with Crippen molar-refractivity contribution in [3.05, 3.63) is 0 Å². The molecule has 2 aliphatic rings. The molecule has 0 aromatic heterocycles. The highest BCUT2D eigenvalue weighted by Gasteiger charge is 2.39. The summed E-state index contributed by atoms with van der Waals surface area (Å²) >= 11 is 0. The second-order valence-corrected chi connectivity index (χ2v) is 6.33. The molecule has 0 spiro atoms. The van der Waals surface area contributed by atoms with Crippen molar-refractivity contribution < 1.29 is 23.5 Å². The first kappa shape index (κ1) is 16.2. The lowest BCUT2D eigenvalue weighted by Gasteiger charge is -2.30. The van der Waals surface area contributed by atoms with Gasteiger partial charge in [-0.2, -0.15) is 0 Å². The van der Waals surface area contributed by atoms with Crippen molar-refractivity contribution in [3.8, 4) is 0 Å². The molecule has 0 aromatic carbocycles. The molecule has 1 amide bonds. The van der Waals surface area contributed by atoms with Crippen molar-refractivity contribution >= 4 is 11.9 Å². The van der Waals surface area contributed by atoms with Crippen molar-refractivity contribution in [2.45, 2.75) is 69.8 Å². The Morgan fingerprint density at radius 3 is 2.24 bits per heavy atom. The molecule has 2 fully saturated rings. The standard InChI is InChI=1S/C15H23F2NO3/c16-15(17)8-6-10(7-9-15)13(19)18-12-5-3-1-2-4-11(12)14(20)21/h10-12H,1-9H2,(H,18,19)(H,20,21)/t11-,12+/m1/s1. The number of amides is 1. The van der Waals surface area contributed by atoms with Crippen molar-refractivity contribution in [2.75, 3.05) is 0 Å². The number of alkyl halides is 2. The van der Waals surface area contributed by atoms with E-state index in [2.05, 4.69) is 5.32 Å². The van der Waals surface area contributed by atoms with Gasteiger partial charge in [-0.05, 0) is 25.7 Å². The summed E-state index contributed by atoms with van der Waals surface area (Å²) in [4.78, 5) is 23.5. The summed E-state index contributed by atoms with van der Waals surface area (Å²) < 4.78 is 26.2. The minimum Gasteiger partial charge on any atom is -0.481 e. The van der Waals surface area contributed by atoms with Crippen molar-refractivity contribution in [3.63, 3.8) is 0 Å². The van der Waals surface area contributed by atoms with Crippen LogP contribution in [0.2, 0.25) is 0 Å². The molecule has 0 heterocycles. The number of rotatable bonds is 3. The molecular weight excluding hydrogens is 280 g/mol. The van der Waals surface area contributed by atoms with Crippen molar-refractivity contribution in [2.24, 2.45) is 11.8 Å². The fourth-order valence-corrected chi connectivity index (χ4v) is 3.38. The summed E-state index contributed by atoms with van der Waals surface area (Å²) in [6.07, 6.45) is 3.83. The third-order valence-corrected chi connectivity index (χ3v) is 4.75. The number of carboxylic acid groups (broad SMARTS) is 1. The highest BCUT2D eigenvalue weighted by atomic mass is 19.3. The lowest BCUT2D eigenvalue weighted by atomic mass is 9.85. The van der Waals surface area contributed by atoms with E-state index in [1.807, 2.05) is 0 Å². The molecule has 6 heteroatoms. The highest BCUT2D eigenvalue weighted by Crippen LogP contribution is 2.36. The number of carboxylic acids is 1. The van der Waals surface area contributed by atoms with E-state index in [1.165, 1.54) is 0 Å². The molecule has 0 bridgehead atoms. The third-order valence-electron chi connectivity index (χ3n) is 4.75. The molecule has 0 saturated heterocycles. The summed E-state index contributed by atoms with van der Waals surface area (Å²) in [6, 6.07) is -0.361. The van der Waals surface area contributed by atoms with Crippen molar-refractivity contribution in [1.29, 1.82) is 0 Å². The lowest BCUT2D eigenvalue weighted by molar-refractivity contribution is -0.143. The molecule has 120 valence electrons. The van der Waals surface area contributed by atoms with Crippen LogP contribution in [0, 0.1) is 11.8 Å². The van der Waals surface area contributed by atoms with Crippen LogP contribution >= 0.6 is 0 Å². The Bertz CT molecular complexity index is 390. The Morgan fingerprint density at radius 2 is 1.62 bits per heavy atom. The first-order chi connectivity index (χ1) is 9.89. The molecule has 2 atom stereocenters. The number of nitrogens with one attached hydrogen (secondary N) is 1. The Balaban J connectivity index is 1.92. The normalized spacial score (nSPS) is 30.4. The Labute approximate surface area is 123 Å². The van der Waals surface area contributed by atoms with Gasteiger partial charge in [0.2, 0.25) is 11.8 Å². The van der Waals surface area contributed by atoms with Crippen LogP contribution in [0.4, 0.5) is 8.78 Å². The predicted octanol–water partition coefficient (Wildman–Crippen LogP) is 2.96. The maximum atomic E-state index is 13.1. The Hall–Kier alpha value is -1.20. The molecule has 2 saturated carbocycles. The Morgan fingerprint density at radius 1 is 1.00 bits per heavy atom. The zero-order chi connectivity index (χ0) is 15.5. The van der Waals surface area contributed by atoms with Gasteiger partial charge in [0.15, 0.2) is 0 Å². The van der Waals surface area contributed by atoms with E-state index in [4.69, 9.17) is 0 Å². The van der Waals surface area contributed by atoms with Crippen LogP contribution in [-0.4, -0.2) is 28.9 Å². The van der Waals surface area contributed by atoms with E-state index >= 15 is 0 Å². The maximum Gasteiger partial charge on any atom is 0.308 e. The SMILES string of the molecule is O=C(N[C@H]1CCCCC[C@H]1C(=O)O)C1CCC(F)(F)CC1. The molecule has 0 aromatic rings. The number of aliphatic carboxylic acids is 1. The molecule has 0 radical (unpaired) electrons. The summed E-state index contributed by atoms with van der Waals surface area (Å²) in [5.41, 5.74) is 0. The third kappa shape index (κ3) is 4.38. The van der Waals surface area contributed by atoms with Crippen molar-refractivity contribution in [1.82, 2.24) is 5.32 Å². The predicted molar refractivity (Wildman–Crippen MR) is 73.0 cm³/mol. The van der Waals surface area contributed by atoms with E-state index < -0.39 is 23.7 Å². The zero-order valence-electron chi connectivity index (χ0n) is 12.1. The number of halogens is 2. The molecule has 0 aliphatic heterocycles. The second-order valence-electron chi connectivity index (χ2n) is 6.33. The van der Waals surface area contributed by atoms with Gasteiger partial charge >= 0.3 is 5.97 Å². The van der Waals surface area contributed by atoms with E-state index in [9.17, 15) is 23.5 Å². The highest BCUT2D eigenvalue weighted by molar-refractivity contribution is 5.80. The molecule has 0 unspecified atom stereocenters. The minimum absolute atomic E-state index is 0.184. The van der Waals surface area contributed by atoms with Gasteiger partial charge in [0.1, 0.15) is 0 Å². The first-order valence-electron chi connectivity index (χ1n) is 7.80. The van der Waals surface area contributed by atoms with E-state index in [-0.39, 0.29) is 37.6 Å². The average Bonchev–Trinajstić information content (AvgIpc) is 2.64. The van der Waals surface area contributed by atoms with Crippen LogP contribution < -0.4 is 5.32 Å². The minimum atomic E-state index is -2.65. The zero-order valence-corrected chi connectivity index (χ0v) is 12.1. The van der Waals surface area contributed by atoms with Crippen LogP contribution in [0.1, 0.15) is 57.8 Å². The van der Waals surface area contributed by atoms with E-state index in [0.29, 0.717) is 12.8 Å². The molecular formula is C15H23F2NO3. The fourth-order valence-electron chi connectivity index (χ4n) is 3.38. The van der Waals surface area contributed by atoms with E-state index in [1.54, 1.807) is 0 Å². The van der Waals surface area contributed by atoms with Gasteiger partial charge in [0.05, 0.1) is 5.92 Å². The summed E-state index contributed by atoms with van der Waals surface area (Å²) in [6.45, 7) is 0. The number of carbonyl (C=O) groups is 2. The van der Waals surface area contributed by atoms with Gasteiger partial charge < -0.3 is 10.4 Å². The molecule has 2 aliphatic carbocycles. The molecule has 21 heavy (non-hydrogen) atoms. The van der Waals surface area contributed by atoms with Crippen LogP contribution in [0.3, 0.4) is 0 Å². The summed E-state index contributed by atoms with van der Waals surface area (Å²) in [5.74, 6) is -4.73. The molecule has 2 N–H and O–H groups in total. The van der Waals surface area contributed by atoms with Crippen LogP contribution in [-0.2, 0) is 9.59 Å². The van der Waals surface area contributed by atoms with Gasteiger partial charge in [-0.25, -0.2) is 8.78 Å². The number of hydrogen-bond donors (Lipinski definition) is 2. The summed E-state index contributed by atoms with van der Waals surface area (Å²) in [7, 11) is 0. The number of carbonyl (C=O) groups excluding carboxylic acids is 1.